The number of ether oxygens (including phenoxy) is 3. The Balaban J connectivity index is 1.56. The number of benzene rings is 3. The minimum Gasteiger partial charge on any atom is -0.497 e. The van der Waals surface area contributed by atoms with Crippen LogP contribution in [-0.2, 0) is 9.53 Å². The van der Waals surface area contributed by atoms with Gasteiger partial charge in [0, 0.05) is 23.4 Å². The summed E-state index contributed by atoms with van der Waals surface area (Å²) in [6, 6.07) is 20.4. The van der Waals surface area contributed by atoms with Crippen LogP contribution in [0.3, 0.4) is 0 Å². The molecule has 1 aliphatic rings. The first-order chi connectivity index (χ1) is 23.2. The lowest BCUT2D eigenvalue weighted by Crippen LogP contribution is -2.39. The number of aromatic nitrogens is 3. The van der Waals surface area contributed by atoms with Gasteiger partial charge in [-0.3, -0.25) is 19.5 Å². The van der Waals surface area contributed by atoms with Gasteiger partial charge in [0.2, 0.25) is 0 Å². The number of nitro groups is 1. The summed E-state index contributed by atoms with van der Waals surface area (Å²) >= 11 is 1.17. The molecule has 0 amide bonds. The fraction of sp³-hybridized carbons (Fsp3) is 0.200. The predicted octanol–water partition coefficient (Wildman–Crippen LogP) is 4.97. The molecule has 13 heteroatoms. The van der Waals surface area contributed by atoms with Gasteiger partial charge >= 0.3 is 11.7 Å². The van der Waals surface area contributed by atoms with Gasteiger partial charge in [0.25, 0.3) is 5.56 Å². The Kier molecular flexibility index (Phi) is 9.04. The van der Waals surface area contributed by atoms with Crippen LogP contribution >= 0.6 is 11.3 Å². The van der Waals surface area contributed by atoms with Crippen LogP contribution in [0.2, 0.25) is 0 Å². The third kappa shape index (κ3) is 6.02. The molecule has 5 aromatic rings. The zero-order valence-corrected chi connectivity index (χ0v) is 27.4. The molecule has 1 atom stereocenters. The van der Waals surface area contributed by atoms with Gasteiger partial charge in [-0.2, -0.15) is 5.10 Å². The third-order valence-corrected chi connectivity index (χ3v) is 8.71. The van der Waals surface area contributed by atoms with E-state index in [0.717, 1.165) is 5.69 Å². The van der Waals surface area contributed by atoms with Gasteiger partial charge in [0.15, 0.2) is 10.6 Å². The van der Waals surface area contributed by atoms with E-state index in [1.165, 1.54) is 22.0 Å². The molecule has 6 rings (SSSR count). The summed E-state index contributed by atoms with van der Waals surface area (Å²) in [7, 11) is 1.56. The number of rotatable bonds is 10. The maximum atomic E-state index is 14.3. The number of methoxy groups -OCH3 is 1. The molecule has 0 bridgehead atoms. The molecule has 3 heterocycles. The molecule has 0 fully saturated rings. The molecular weight excluding hydrogens is 634 g/mol. The number of fused-ring (bicyclic) bond motifs is 1. The molecule has 3 aromatic carbocycles. The van der Waals surface area contributed by atoms with Crippen molar-refractivity contribution >= 4 is 29.1 Å². The Hall–Kier alpha value is -5.82. The van der Waals surface area contributed by atoms with Crippen LogP contribution in [0.25, 0.3) is 23.0 Å². The molecule has 48 heavy (non-hydrogen) atoms. The van der Waals surface area contributed by atoms with Crippen molar-refractivity contribution in [3.63, 3.8) is 0 Å². The quantitative estimate of drug-likeness (QED) is 0.116. The lowest BCUT2D eigenvalue weighted by atomic mass is 9.96. The van der Waals surface area contributed by atoms with Crippen molar-refractivity contribution in [3.05, 3.63) is 131 Å². The molecule has 0 N–H and O–H groups in total. The Morgan fingerprint density at radius 3 is 2.48 bits per heavy atom. The van der Waals surface area contributed by atoms with Gasteiger partial charge in [0.05, 0.1) is 52.8 Å². The maximum Gasteiger partial charge on any atom is 0.338 e. The van der Waals surface area contributed by atoms with Crippen molar-refractivity contribution in [1.82, 2.24) is 14.3 Å². The molecular formula is C35H31N5O7S. The molecule has 244 valence electrons. The van der Waals surface area contributed by atoms with Gasteiger partial charge in [-0.1, -0.05) is 41.7 Å². The summed E-state index contributed by atoms with van der Waals surface area (Å²) in [5.41, 5.74) is 3.02. The van der Waals surface area contributed by atoms with E-state index in [-0.39, 0.29) is 35.8 Å². The zero-order valence-electron chi connectivity index (χ0n) is 26.6. The lowest BCUT2D eigenvalue weighted by Gasteiger charge is -2.24. The molecule has 0 unspecified atom stereocenters. The highest BCUT2D eigenvalue weighted by Crippen LogP contribution is 2.34. The van der Waals surface area contributed by atoms with Crippen LogP contribution < -0.4 is 24.4 Å². The van der Waals surface area contributed by atoms with Crippen LogP contribution in [0.4, 0.5) is 5.69 Å². The van der Waals surface area contributed by atoms with E-state index in [4.69, 9.17) is 19.3 Å². The van der Waals surface area contributed by atoms with Crippen molar-refractivity contribution in [1.29, 1.82) is 0 Å². The number of para-hydroxylation sites is 1. The summed E-state index contributed by atoms with van der Waals surface area (Å²) in [6.07, 6.45) is 3.46. The third-order valence-electron chi connectivity index (χ3n) is 7.73. The van der Waals surface area contributed by atoms with Crippen molar-refractivity contribution in [2.75, 3.05) is 20.3 Å². The summed E-state index contributed by atoms with van der Waals surface area (Å²) in [5.74, 6) is 0.217. The number of carbonyl (C=O) groups is 1. The Morgan fingerprint density at radius 1 is 1.06 bits per heavy atom. The van der Waals surface area contributed by atoms with E-state index < -0.39 is 16.9 Å². The van der Waals surface area contributed by atoms with Gasteiger partial charge < -0.3 is 14.2 Å². The predicted molar refractivity (Wildman–Crippen MR) is 180 cm³/mol. The average Bonchev–Trinajstić information content (AvgIpc) is 3.65. The standard InChI is InChI=1S/C35H31N5O7S/c1-5-46-28-17-14-23(18-27(28)40(43)44)31-24(20-38(37-31)25-10-8-7-9-11-25)19-29-33(41)39-32(22-12-15-26(45-4)16-13-22)30(34(42)47-6-2)21(3)36-35(39)48-29/h7-20,32H,5-6H2,1-4H3/b29-19+/t32-/m0/s1. The van der Waals surface area contributed by atoms with E-state index >= 15 is 0 Å². The fourth-order valence-electron chi connectivity index (χ4n) is 5.55. The molecule has 0 saturated carbocycles. The average molecular weight is 666 g/mol. The number of nitrogens with zero attached hydrogens (tertiary/aromatic N) is 5. The van der Waals surface area contributed by atoms with Crippen LogP contribution in [0.5, 0.6) is 11.5 Å². The van der Waals surface area contributed by atoms with Crippen molar-refractivity contribution < 1.29 is 23.9 Å². The molecule has 0 radical (unpaired) electrons. The Morgan fingerprint density at radius 2 is 1.81 bits per heavy atom. The molecule has 0 spiro atoms. The monoisotopic (exact) mass is 665 g/mol. The van der Waals surface area contributed by atoms with Crippen LogP contribution in [-0.4, -0.2) is 45.6 Å². The van der Waals surface area contributed by atoms with E-state index in [1.807, 2.05) is 30.3 Å². The SMILES string of the molecule is CCOC(=O)C1=C(C)N=c2s/c(=C/c3cn(-c4ccccc4)nc3-c3ccc(OCC)c([N+](=O)[O-])c3)c(=O)n2[C@H]1c1ccc(OC)cc1. The first kappa shape index (κ1) is 32.1. The van der Waals surface area contributed by atoms with Gasteiger partial charge in [0.1, 0.15) is 11.4 Å². The van der Waals surface area contributed by atoms with E-state index in [9.17, 15) is 19.7 Å². The topological polar surface area (TPSA) is 140 Å². The summed E-state index contributed by atoms with van der Waals surface area (Å²) in [4.78, 5) is 44.1. The number of carbonyl (C=O) groups excluding carboxylic acids is 1. The summed E-state index contributed by atoms with van der Waals surface area (Å²) in [6.45, 7) is 5.62. The van der Waals surface area contributed by atoms with Crippen LogP contribution in [0.15, 0.2) is 100 Å². The first-order valence-electron chi connectivity index (χ1n) is 15.1. The van der Waals surface area contributed by atoms with Crippen molar-refractivity contribution in [2.24, 2.45) is 4.99 Å². The molecule has 1 aliphatic heterocycles. The number of esters is 1. The highest BCUT2D eigenvalue weighted by atomic mass is 32.1. The number of hydrogen-bond donors (Lipinski definition) is 0. The minimum absolute atomic E-state index is 0.148. The number of allylic oxidation sites excluding steroid dienone is 1. The van der Waals surface area contributed by atoms with E-state index in [1.54, 1.807) is 81.2 Å². The number of hydrogen-bond acceptors (Lipinski definition) is 10. The summed E-state index contributed by atoms with van der Waals surface area (Å²) in [5, 5.41) is 16.8. The molecule has 0 aliphatic carbocycles. The first-order valence-corrected chi connectivity index (χ1v) is 16.0. The highest BCUT2D eigenvalue weighted by Gasteiger charge is 2.33. The number of nitro benzene ring substituents is 1. The van der Waals surface area contributed by atoms with E-state index in [2.05, 4.69) is 4.99 Å². The molecule has 2 aromatic heterocycles. The van der Waals surface area contributed by atoms with Crippen LogP contribution in [0, 0.1) is 10.1 Å². The van der Waals surface area contributed by atoms with Crippen LogP contribution in [0.1, 0.15) is 37.9 Å². The fourth-order valence-corrected chi connectivity index (χ4v) is 6.59. The molecule has 0 saturated heterocycles. The second kappa shape index (κ2) is 13.5. The number of thiazole rings is 1. The second-order valence-electron chi connectivity index (χ2n) is 10.7. The Bertz CT molecular complexity index is 2240. The molecule has 12 nitrogen and oxygen atoms in total. The summed E-state index contributed by atoms with van der Waals surface area (Å²) < 4.78 is 19.7. The van der Waals surface area contributed by atoms with Gasteiger partial charge in [-0.15, -0.1) is 0 Å². The van der Waals surface area contributed by atoms with Crippen molar-refractivity contribution in [2.45, 2.75) is 26.8 Å². The van der Waals surface area contributed by atoms with E-state index in [0.29, 0.717) is 43.2 Å². The smallest absolute Gasteiger partial charge is 0.338 e. The van der Waals surface area contributed by atoms with Crippen molar-refractivity contribution in [3.8, 4) is 28.4 Å². The minimum atomic E-state index is -0.798. The lowest BCUT2D eigenvalue weighted by molar-refractivity contribution is -0.385. The zero-order chi connectivity index (χ0) is 33.9. The maximum absolute atomic E-state index is 14.3. The Labute approximate surface area is 278 Å². The normalized spacial score (nSPS) is 14.3. The second-order valence-corrected chi connectivity index (χ2v) is 11.7. The van der Waals surface area contributed by atoms with Gasteiger partial charge in [-0.05, 0) is 68.8 Å². The largest absolute Gasteiger partial charge is 0.497 e. The highest BCUT2D eigenvalue weighted by molar-refractivity contribution is 7.07. The van der Waals surface area contributed by atoms with Gasteiger partial charge in [-0.25, -0.2) is 14.5 Å².